The van der Waals surface area contributed by atoms with Crippen LogP contribution in [0.2, 0.25) is 0 Å². The van der Waals surface area contributed by atoms with Crippen LogP contribution in [0.15, 0.2) is 53.9 Å². The molecule has 0 radical (unpaired) electrons. The number of thioether (sulfide) groups is 1. The van der Waals surface area contributed by atoms with E-state index in [1.807, 2.05) is 36.7 Å². The van der Waals surface area contributed by atoms with Gasteiger partial charge in [0.1, 0.15) is 0 Å². The lowest BCUT2D eigenvalue weighted by Crippen LogP contribution is -2.38. The van der Waals surface area contributed by atoms with Gasteiger partial charge in [0.05, 0.1) is 11.4 Å². The number of aromatic nitrogens is 3. The van der Waals surface area contributed by atoms with Gasteiger partial charge in [-0.25, -0.2) is 9.97 Å². The Labute approximate surface area is 206 Å². The monoisotopic (exact) mass is 476 g/mol. The highest BCUT2D eigenvalue weighted by atomic mass is 32.2. The van der Waals surface area contributed by atoms with Crippen molar-refractivity contribution < 1.29 is 9.47 Å². The van der Waals surface area contributed by atoms with Crippen molar-refractivity contribution in [2.24, 2.45) is 5.92 Å². The van der Waals surface area contributed by atoms with Gasteiger partial charge in [-0.1, -0.05) is 30.8 Å². The first-order valence-electron chi connectivity index (χ1n) is 12.1. The molecule has 0 amide bonds. The van der Waals surface area contributed by atoms with E-state index in [2.05, 4.69) is 40.8 Å². The van der Waals surface area contributed by atoms with Gasteiger partial charge in [-0.05, 0) is 74.0 Å². The van der Waals surface area contributed by atoms with Gasteiger partial charge in [0.15, 0.2) is 16.7 Å². The van der Waals surface area contributed by atoms with Crippen LogP contribution in [0, 0.1) is 12.8 Å². The molecule has 4 heterocycles. The van der Waals surface area contributed by atoms with Crippen LogP contribution in [0.25, 0.3) is 0 Å². The summed E-state index contributed by atoms with van der Waals surface area (Å²) in [6, 6.07) is 12.3. The minimum absolute atomic E-state index is 0.329. The minimum atomic E-state index is 0.329. The van der Waals surface area contributed by atoms with Gasteiger partial charge in [-0.2, -0.15) is 0 Å². The van der Waals surface area contributed by atoms with E-state index in [0.717, 1.165) is 54.2 Å². The molecule has 1 fully saturated rings. The zero-order valence-electron chi connectivity index (χ0n) is 19.9. The van der Waals surface area contributed by atoms with Crippen molar-refractivity contribution in [3.8, 4) is 11.5 Å². The third kappa shape index (κ3) is 5.70. The Hall–Kier alpha value is -2.64. The van der Waals surface area contributed by atoms with Gasteiger partial charge in [0.2, 0.25) is 6.79 Å². The molecule has 1 saturated heterocycles. The Morgan fingerprint density at radius 1 is 1.15 bits per heavy atom. The van der Waals surface area contributed by atoms with E-state index in [1.165, 1.54) is 29.7 Å². The molecule has 0 aliphatic carbocycles. The molecule has 3 aromatic rings. The first kappa shape index (κ1) is 23.1. The average molecular weight is 477 g/mol. The number of hydrogen-bond acceptors (Lipinski definition) is 7. The van der Waals surface area contributed by atoms with Crippen LogP contribution in [0.5, 0.6) is 11.5 Å². The maximum Gasteiger partial charge on any atom is 0.231 e. The van der Waals surface area contributed by atoms with Gasteiger partial charge in [0.25, 0.3) is 0 Å². The molecule has 2 aliphatic rings. The molecular weight excluding hydrogens is 444 g/mol. The fourth-order valence-electron chi connectivity index (χ4n) is 4.96. The van der Waals surface area contributed by atoms with Gasteiger partial charge in [0, 0.05) is 37.2 Å². The van der Waals surface area contributed by atoms with E-state index in [9.17, 15) is 0 Å². The van der Waals surface area contributed by atoms with Gasteiger partial charge < -0.3 is 14.4 Å². The summed E-state index contributed by atoms with van der Waals surface area (Å²) in [5.74, 6) is 3.54. The Morgan fingerprint density at radius 2 is 2.06 bits per heavy atom. The van der Waals surface area contributed by atoms with Crippen molar-refractivity contribution in [2.75, 3.05) is 26.4 Å². The van der Waals surface area contributed by atoms with Crippen LogP contribution in [0.1, 0.15) is 48.2 Å². The van der Waals surface area contributed by atoms with E-state index in [1.54, 1.807) is 11.8 Å². The molecule has 0 spiro atoms. The second-order valence-corrected chi connectivity index (χ2v) is 10.4. The fourth-order valence-corrected chi connectivity index (χ4v) is 5.70. The molecule has 0 N–H and O–H groups in total. The highest BCUT2D eigenvalue weighted by Crippen LogP contribution is 2.34. The molecule has 0 saturated carbocycles. The second kappa shape index (κ2) is 10.7. The number of benzene rings is 1. The maximum absolute atomic E-state index is 5.55. The molecular formula is C27H32N4O2S. The maximum atomic E-state index is 5.55. The Kier molecular flexibility index (Phi) is 7.30. The van der Waals surface area contributed by atoms with Crippen LogP contribution in [-0.4, -0.2) is 46.3 Å². The standard InChI is InChI=1S/C27H32N4O2S/c1-19(12-21-8-9-24-25(13-21)33-18-32-24)15-31-11-5-6-22(16-31)26-20(2)14-29-27(30-26)34-17-23-7-3-4-10-28-23/h3-4,7-10,13-14,19,22H,5-6,11-12,15-18H2,1-2H3/t19-,22-/m1/s1. The molecule has 178 valence electrons. The van der Waals surface area contributed by atoms with E-state index < -0.39 is 0 Å². The Bertz CT molecular complexity index is 1110. The zero-order chi connectivity index (χ0) is 23.3. The number of hydrogen-bond donors (Lipinski definition) is 0. The van der Waals surface area contributed by atoms with E-state index in [0.29, 0.717) is 18.6 Å². The van der Waals surface area contributed by atoms with Crippen molar-refractivity contribution in [3.05, 3.63) is 71.3 Å². The summed E-state index contributed by atoms with van der Waals surface area (Å²) >= 11 is 1.66. The normalized spacial score (nSPS) is 18.7. The first-order chi connectivity index (χ1) is 16.6. The number of fused-ring (bicyclic) bond motifs is 1. The number of aryl methyl sites for hydroxylation is 1. The van der Waals surface area contributed by atoms with Crippen molar-refractivity contribution >= 4 is 11.8 Å². The minimum Gasteiger partial charge on any atom is -0.454 e. The second-order valence-electron chi connectivity index (χ2n) is 9.43. The van der Waals surface area contributed by atoms with Crippen molar-refractivity contribution in [1.29, 1.82) is 0 Å². The lowest BCUT2D eigenvalue weighted by molar-refractivity contribution is 0.174. The fraction of sp³-hybridized carbons (Fsp3) is 0.444. The topological polar surface area (TPSA) is 60.4 Å². The highest BCUT2D eigenvalue weighted by molar-refractivity contribution is 7.98. The summed E-state index contributed by atoms with van der Waals surface area (Å²) in [5, 5.41) is 0.847. The van der Waals surface area contributed by atoms with Crippen LogP contribution >= 0.6 is 11.8 Å². The van der Waals surface area contributed by atoms with Crippen LogP contribution < -0.4 is 9.47 Å². The van der Waals surface area contributed by atoms with Gasteiger partial charge in [-0.3, -0.25) is 4.98 Å². The van der Waals surface area contributed by atoms with Crippen LogP contribution in [0.3, 0.4) is 0 Å². The largest absolute Gasteiger partial charge is 0.454 e. The SMILES string of the molecule is Cc1cnc(SCc2ccccn2)nc1[C@@H]1CCCN(C[C@H](C)Cc2ccc3c(c2)OCO3)C1. The van der Waals surface area contributed by atoms with Crippen molar-refractivity contribution in [1.82, 2.24) is 19.9 Å². The predicted molar refractivity (Wildman–Crippen MR) is 134 cm³/mol. The summed E-state index contributed by atoms with van der Waals surface area (Å²) in [4.78, 5) is 16.6. The smallest absolute Gasteiger partial charge is 0.231 e. The number of ether oxygens (including phenoxy) is 2. The molecule has 2 atom stereocenters. The number of nitrogens with zero attached hydrogens (tertiary/aromatic N) is 4. The van der Waals surface area contributed by atoms with E-state index >= 15 is 0 Å². The molecule has 2 aromatic heterocycles. The number of rotatable bonds is 8. The summed E-state index contributed by atoms with van der Waals surface area (Å²) < 4.78 is 11.0. The van der Waals surface area contributed by atoms with Gasteiger partial charge >= 0.3 is 0 Å². The number of piperidine rings is 1. The van der Waals surface area contributed by atoms with Crippen molar-refractivity contribution in [2.45, 2.75) is 49.9 Å². The third-order valence-electron chi connectivity index (χ3n) is 6.55. The van der Waals surface area contributed by atoms with Crippen LogP contribution in [0.4, 0.5) is 0 Å². The molecule has 1 aromatic carbocycles. The highest BCUT2D eigenvalue weighted by Gasteiger charge is 2.25. The number of likely N-dealkylation sites (tertiary alicyclic amines) is 1. The molecule has 6 nitrogen and oxygen atoms in total. The Balaban J connectivity index is 1.19. The van der Waals surface area contributed by atoms with Gasteiger partial charge in [-0.15, -0.1) is 0 Å². The predicted octanol–water partition coefficient (Wildman–Crippen LogP) is 5.26. The zero-order valence-corrected chi connectivity index (χ0v) is 20.8. The summed E-state index contributed by atoms with van der Waals surface area (Å²) in [6.45, 7) is 8.13. The Morgan fingerprint density at radius 3 is 2.94 bits per heavy atom. The summed E-state index contributed by atoms with van der Waals surface area (Å²) in [6.07, 6.45) is 7.26. The summed E-state index contributed by atoms with van der Waals surface area (Å²) in [5.41, 5.74) is 4.78. The molecule has 0 bridgehead atoms. The van der Waals surface area contributed by atoms with E-state index in [4.69, 9.17) is 14.5 Å². The lowest BCUT2D eigenvalue weighted by Gasteiger charge is -2.34. The lowest BCUT2D eigenvalue weighted by atomic mass is 9.91. The average Bonchev–Trinajstić information content (AvgIpc) is 3.32. The van der Waals surface area contributed by atoms with E-state index in [-0.39, 0.29) is 0 Å². The molecule has 0 unspecified atom stereocenters. The summed E-state index contributed by atoms with van der Waals surface area (Å²) in [7, 11) is 0. The quantitative estimate of drug-likeness (QED) is 0.325. The molecule has 5 rings (SSSR count). The van der Waals surface area contributed by atoms with Crippen LogP contribution in [-0.2, 0) is 12.2 Å². The third-order valence-corrected chi connectivity index (χ3v) is 7.44. The number of pyridine rings is 1. The first-order valence-corrected chi connectivity index (χ1v) is 13.1. The molecule has 7 heteroatoms. The molecule has 2 aliphatic heterocycles. The van der Waals surface area contributed by atoms with Crippen molar-refractivity contribution in [3.63, 3.8) is 0 Å². The molecule has 34 heavy (non-hydrogen) atoms.